The van der Waals surface area contributed by atoms with Crippen LogP contribution in [0.5, 0.6) is 0 Å². The molecular formula is C18H27FN2O4S. The molecule has 26 heavy (non-hydrogen) atoms. The molecule has 0 unspecified atom stereocenters. The standard InChI is InChI=1S/C18H27FN2O4S/c1-13(2)9-21(10-14(3)4)18(23)12-26(24,25)11-17(22)20-16-7-5-15(19)6-8-16/h5-8,13-14H,9-12H2,1-4H3,(H,20,22). The molecule has 1 aromatic carbocycles. The number of anilines is 1. The fraction of sp³-hybridized carbons (Fsp3) is 0.556. The Hall–Kier alpha value is -1.96. The second kappa shape index (κ2) is 9.66. The van der Waals surface area contributed by atoms with Crippen molar-refractivity contribution in [3.8, 4) is 0 Å². The van der Waals surface area contributed by atoms with Crippen LogP contribution >= 0.6 is 0 Å². The maximum absolute atomic E-state index is 12.8. The lowest BCUT2D eigenvalue weighted by atomic mass is 10.1. The van der Waals surface area contributed by atoms with Gasteiger partial charge in [0.15, 0.2) is 9.84 Å². The highest BCUT2D eigenvalue weighted by Crippen LogP contribution is 2.09. The van der Waals surface area contributed by atoms with Gasteiger partial charge in [-0.1, -0.05) is 27.7 Å². The predicted molar refractivity (Wildman–Crippen MR) is 99.9 cm³/mol. The summed E-state index contributed by atoms with van der Waals surface area (Å²) in [6.07, 6.45) is 0. The Balaban J connectivity index is 2.68. The first-order chi connectivity index (χ1) is 12.0. The van der Waals surface area contributed by atoms with Crippen LogP contribution < -0.4 is 5.32 Å². The highest BCUT2D eigenvalue weighted by atomic mass is 32.2. The number of nitrogens with one attached hydrogen (secondary N) is 1. The number of hydrogen-bond acceptors (Lipinski definition) is 4. The minimum atomic E-state index is -3.90. The zero-order valence-corrected chi connectivity index (χ0v) is 16.5. The van der Waals surface area contributed by atoms with Gasteiger partial charge < -0.3 is 10.2 Å². The maximum Gasteiger partial charge on any atom is 0.239 e. The van der Waals surface area contributed by atoms with Crippen LogP contribution in [-0.2, 0) is 19.4 Å². The van der Waals surface area contributed by atoms with E-state index in [2.05, 4.69) is 5.32 Å². The Morgan fingerprint density at radius 2 is 1.50 bits per heavy atom. The molecule has 1 rings (SSSR count). The lowest BCUT2D eigenvalue weighted by molar-refractivity contribution is -0.129. The molecule has 0 heterocycles. The van der Waals surface area contributed by atoms with E-state index in [1.807, 2.05) is 27.7 Å². The molecule has 0 aliphatic heterocycles. The van der Waals surface area contributed by atoms with Crippen molar-refractivity contribution in [2.24, 2.45) is 11.8 Å². The number of hydrogen-bond donors (Lipinski definition) is 1. The van der Waals surface area contributed by atoms with Gasteiger partial charge in [-0.3, -0.25) is 9.59 Å². The average molecular weight is 386 g/mol. The normalized spacial score (nSPS) is 11.7. The topological polar surface area (TPSA) is 83.6 Å². The Morgan fingerprint density at radius 3 is 1.96 bits per heavy atom. The second-order valence-electron chi connectivity index (χ2n) is 7.17. The molecule has 0 saturated heterocycles. The monoisotopic (exact) mass is 386 g/mol. The van der Waals surface area contributed by atoms with E-state index >= 15 is 0 Å². The van der Waals surface area contributed by atoms with Gasteiger partial charge in [0.25, 0.3) is 0 Å². The van der Waals surface area contributed by atoms with Gasteiger partial charge in [-0.2, -0.15) is 0 Å². The van der Waals surface area contributed by atoms with Gasteiger partial charge in [0.1, 0.15) is 17.3 Å². The van der Waals surface area contributed by atoms with Gasteiger partial charge >= 0.3 is 0 Å². The van der Waals surface area contributed by atoms with E-state index in [4.69, 9.17) is 0 Å². The van der Waals surface area contributed by atoms with Crippen LogP contribution in [0.3, 0.4) is 0 Å². The molecule has 0 saturated carbocycles. The number of rotatable bonds is 9. The Morgan fingerprint density at radius 1 is 1.00 bits per heavy atom. The van der Waals surface area contributed by atoms with Crippen LogP contribution in [-0.4, -0.2) is 49.7 Å². The number of benzene rings is 1. The second-order valence-corrected chi connectivity index (χ2v) is 9.24. The molecule has 1 N–H and O–H groups in total. The van der Waals surface area contributed by atoms with E-state index in [-0.39, 0.29) is 11.8 Å². The summed E-state index contributed by atoms with van der Waals surface area (Å²) < 4.78 is 37.3. The van der Waals surface area contributed by atoms with Gasteiger partial charge in [0, 0.05) is 18.8 Å². The summed E-state index contributed by atoms with van der Waals surface area (Å²) in [5.41, 5.74) is 0.291. The first-order valence-corrected chi connectivity index (χ1v) is 10.3. The molecule has 0 fully saturated rings. The molecule has 8 heteroatoms. The minimum Gasteiger partial charge on any atom is -0.341 e. The van der Waals surface area contributed by atoms with Crippen LogP contribution in [0.15, 0.2) is 24.3 Å². The average Bonchev–Trinajstić information content (AvgIpc) is 2.46. The number of halogens is 1. The summed E-state index contributed by atoms with van der Waals surface area (Å²) in [4.78, 5) is 25.8. The smallest absolute Gasteiger partial charge is 0.239 e. The van der Waals surface area contributed by atoms with E-state index in [1.54, 1.807) is 0 Å². The molecule has 0 radical (unpaired) electrons. The van der Waals surface area contributed by atoms with Gasteiger partial charge in [-0.15, -0.1) is 0 Å². The number of amides is 2. The Labute approximate surface area is 154 Å². The van der Waals surface area contributed by atoms with Crippen molar-refractivity contribution in [3.63, 3.8) is 0 Å². The summed E-state index contributed by atoms with van der Waals surface area (Å²) in [6, 6.07) is 4.97. The quantitative estimate of drug-likeness (QED) is 0.706. The fourth-order valence-corrected chi connectivity index (χ4v) is 3.55. The third-order valence-electron chi connectivity index (χ3n) is 3.35. The van der Waals surface area contributed by atoms with Crippen molar-refractivity contribution >= 4 is 27.3 Å². The molecule has 146 valence electrons. The third kappa shape index (κ3) is 8.42. The summed E-state index contributed by atoms with van der Waals surface area (Å²) in [5.74, 6) is -2.80. The molecule has 0 aromatic heterocycles. The summed E-state index contributed by atoms with van der Waals surface area (Å²) in [7, 11) is -3.90. The summed E-state index contributed by atoms with van der Waals surface area (Å²) >= 11 is 0. The molecule has 0 atom stereocenters. The van der Waals surface area contributed by atoms with Crippen molar-refractivity contribution in [1.82, 2.24) is 4.90 Å². The molecule has 0 aliphatic rings. The number of sulfone groups is 1. The fourth-order valence-electron chi connectivity index (χ4n) is 2.42. The van der Waals surface area contributed by atoms with E-state index in [9.17, 15) is 22.4 Å². The van der Waals surface area contributed by atoms with Crippen molar-refractivity contribution in [3.05, 3.63) is 30.1 Å². The summed E-state index contributed by atoms with van der Waals surface area (Å²) in [6.45, 7) is 8.73. The minimum absolute atomic E-state index is 0.210. The van der Waals surface area contributed by atoms with Crippen molar-refractivity contribution < 1.29 is 22.4 Å². The Kier molecular flexibility index (Phi) is 8.20. The molecule has 0 aliphatic carbocycles. The van der Waals surface area contributed by atoms with E-state index < -0.39 is 39.0 Å². The van der Waals surface area contributed by atoms with Crippen molar-refractivity contribution in [2.45, 2.75) is 27.7 Å². The highest BCUT2D eigenvalue weighted by molar-refractivity contribution is 7.92. The van der Waals surface area contributed by atoms with E-state index in [0.717, 1.165) is 12.1 Å². The van der Waals surface area contributed by atoms with E-state index in [1.165, 1.54) is 17.0 Å². The van der Waals surface area contributed by atoms with Crippen molar-refractivity contribution in [1.29, 1.82) is 0 Å². The molecular weight excluding hydrogens is 359 g/mol. The van der Waals surface area contributed by atoms with Crippen LogP contribution in [0.2, 0.25) is 0 Å². The highest BCUT2D eigenvalue weighted by Gasteiger charge is 2.25. The van der Waals surface area contributed by atoms with Crippen LogP contribution in [0.1, 0.15) is 27.7 Å². The first-order valence-electron chi connectivity index (χ1n) is 8.52. The Bertz CT molecular complexity index is 705. The third-order valence-corrected chi connectivity index (χ3v) is 4.73. The van der Waals surface area contributed by atoms with Gasteiger partial charge in [0.05, 0.1) is 0 Å². The van der Waals surface area contributed by atoms with Crippen LogP contribution in [0, 0.1) is 17.7 Å². The maximum atomic E-state index is 12.8. The van der Waals surface area contributed by atoms with Crippen LogP contribution in [0.4, 0.5) is 10.1 Å². The largest absolute Gasteiger partial charge is 0.341 e. The molecule has 2 amide bonds. The zero-order valence-electron chi connectivity index (χ0n) is 15.7. The van der Waals surface area contributed by atoms with Gasteiger partial charge in [-0.25, -0.2) is 12.8 Å². The molecule has 6 nitrogen and oxygen atoms in total. The number of nitrogens with zero attached hydrogens (tertiary/aromatic N) is 1. The number of carbonyl (C=O) groups is 2. The lowest BCUT2D eigenvalue weighted by Gasteiger charge is -2.26. The van der Waals surface area contributed by atoms with Gasteiger partial charge in [0.2, 0.25) is 11.8 Å². The van der Waals surface area contributed by atoms with Crippen molar-refractivity contribution in [2.75, 3.05) is 29.9 Å². The molecule has 1 aromatic rings. The van der Waals surface area contributed by atoms with Gasteiger partial charge in [-0.05, 0) is 36.1 Å². The van der Waals surface area contributed by atoms with E-state index in [0.29, 0.717) is 18.8 Å². The molecule has 0 spiro atoms. The van der Waals surface area contributed by atoms with Crippen LogP contribution in [0.25, 0.3) is 0 Å². The predicted octanol–water partition coefficient (Wildman–Crippen LogP) is 2.32. The lowest BCUT2D eigenvalue weighted by Crippen LogP contribution is -2.41. The SMILES string of the molecule is CC(C)CN(CC(C)C)C(=O)CS(=O)(=O)CC(=O)Nc1ccc(F)cc1. The zero-order chi connectivity index (χ0) is 19.9. The first kappa shape index (κ1) is 22.1. The summed E-state index contributed by atoms with van der Waals surface area (Å²) in [5, 5.41) is 2.38. The molecule has 0 bridgehead atoms. The number of carbonyl (C=O) groups excluding carboxylic acids is 2.